The molecule has 0 saturated carbocycles. The highest BCUT2D eigenvalue weighted by molar-refractivity contribution is 6.25. The van der Waals surface area contributed by atoms with Crippen LogP contribution in [-0.2, 0) is 6.42 Å². The maximum Gasteiger partial charge on any atom is 0.261 e. The van der Waals surface area contributed by atoms with Crippen LogP contribution in [0.15, 0.2) is 60.7 Å². The first kappa shape index (κ1) is 22.7. The summed E-state index contributed by atoms with van der Waals surface area (Å²) in [5, 5.41) is 1.73. The zero-order chi connectivity index (χ0) is 23.5. The van der Waals surface area contributed by atoms with Gasteiger partial charge in [-0.2, -0.15) is 0 Å². The van der Waals surface area contributed by atoms with Gasteiger partial charge in [0.1, 0.15) is 5.82 Å². The van der Waals surface area contributed by atoms with Crippen molar-refractivity contribution >= 4 is 22.6 Å². The minimum Gasteiger partial charge on any atom is -0.303 e. The Balaban J connectivity index is 1.06. The van der Waals surface area contributed by atoms with E-state index in [0.717, 1.165) is 62.0 Å². The average molecular weight is 459 g/mol. The summed E-state index contributed by atoms with van der Waals surface area (Å²) in [6.07, 6.45) is 6.37. The van der Waals surface area contributed by atoms with Crippen LogP contribution in [0.2, 0.25) is 0 Å². The first-order chi connectivity index (χ1) is 16.6. The number of piperidine rings is 1. The lowest BCUT2D eigenvalue weighted by atomic mass is 9.90. The number of hydrogen-bond donors (Lipinski definition) is 0. The third-order valence-electron chi connectivity index (χ3n) is 7.42. The molecule has 2 heterocycles. The molecule has 3 aromatic rings. The van der Waals surface area contributed by atoms with Crippen molar-refractivity contribution in [2.45, 2.75) is 38.5 Å². The summed E-state index contributed by atoms with van der Waals surface area (Å²) in [5.41, 5.74) is 2.48. The Hall–Kier alpha value is -3.05. The second kappa shape index (κ2) is 10.1. The number of halogens is 1. The van der Waals surface area contributed by atoms with Crippen LogP contribution in [0.1, 0.15) is 58.4 Å². The van der Waals surface area contributed by atoms with Crippen molar-refractivity contribution in [1.82, 2.24) is 9.80 Å². The van der Waals surface area contributed by atoms with E-state index < -0.39 is 0 Å². The van der Waals surface area contributed by atoms with Gasteiger partial charge in [-0.1, -0.05) is 36.4 Å². The van der Waals surface area contributed by atoms with E-state index in [2.05, 4.69) is 4.90 Å². The number of amides is 2. The van der Waals surface area contributed by atoms with Crippen LogP contribution in [0.4, 0.5) is 4.39 Å². The van der Waals surface area contributed by atoms with Gasteiger partial charge in [0.2, 0.25) is 0 Å². The molecule has 0 aromatic heterocycles. The molecule has 0 unspecified atom stereocenters. The smallest absolute Gasteiger partial charge is 0.261 e. The number of likely N-dealkylation sites (tertiary alicyclic amines) is 1. The lowest BCUT2D eigenvalue weighted by Gasteiger charge is -2.32. The molecule has 0 N–H and O–H groups in total. The Kier molecular flexibility index (Phi) is 6.73. The SMILES string of the molecule is O=C1c2cccc3cccc(c23)C(=O)N1CCCCN1CCC(CCc2ccc(F)cc2)CC1. The largest absolute Gasteiger partial charge is 0.303 e. The van der Waals surface area contributed by atoms with Crippen molar-refractivity contribution in [2.24, 2.45) is 5.92 Å². The summed E-state index contributed by atoms with van der Waals surface area (Å²) in [6, 6.07) is 18.2. The third-order valence-corrected chi connectivity index (χ3v) is 7.42. The van der Waals surface area contributed by atoms with Crippen molar-refractivity contribution < 1.29 is 14.0 Å². The monoisotopic (exact) mass is 458 g/mol. The number of imide groups is 1. The van der Waals surface area contributed by atoms with E-state index in [1.54, 1.807) is 12.1 Å². The average Bonchev–Trinajstić information content (AvgIpc) is 2.87. The van der Waals surface area contributed by atoms with Crippen LogP contribution in [0.25, 0.3) is 10.8 Å². The molecule has 0 atom stereocenters. The van der Waals surface area contributed by atoms with Gasteiger partial charge in [0.25, 0.3) is 11.8 Å². The predicted molar refractivity (Wildman–Crippen MR) is 132 cm³/mol. The molecular formula is C29H31FN2O2. The first-order valence-electron chi connectivity index (χ1n) is 12.4. The fraction of sp³-hybridized carbons (Fsp3) is 0.379. The molecule has 0 bridgehead atoms. The Morgan fingerprint density at radius 2 is 1.41 bits per heavy atom. The van der Waals surface area contributed by atoms with Gasteiger partial charge in [0.05, 0.1) is 0 Å². The Morgan fingerprint density at radius 3 is 2.06 bits per heavy atom. The second-order valence-corrected chi connectivity index (χ2v) is 9.63. The molecule has 176 valence electrons. The van der Waals surface area contributed by atoms with Crippen molar-refractivity contribution in [1.29, 1.82) is 0 Å². The number of carbonyl (C=O) groups excluding carboxylic acids is 2. The second-order valence-electron chi connectivity index (χ2n) is 9.63. The zero-order valence-electron chi connectivity index (χ0n) is 19.5. The first-order valence-corrected chi connectivity index (χ1v) is 12.4. The normalized spacial score (nSPS) is 17.0. The minimum atomic E-state index is -0.173. The number of rotatable bonds is 8. The van der Waals surface area contributed by atoms with Gasteiger partial charge in [0, 0.05) is 23.1 Å². The van der Waals surface area contributed by atoms with Gasteiger partial charge in [-0.15, -0.1) is 0 Å². The Morgan fingerprint density at radius 1 is 0.794 bits per heavy atom. The van der Waals surface area contributed by atoms with Gasteiger partial charge in [-0.25, -0.2) is 4.39 Å². The fourth-order valence-corrected chi connectivity index (χ4v) is 5.41. The van der Waals surface area contributed by atoms with Crippen molar-refractivity contribution in [3.63, 3.8) is 0 Å². The van der Waals surface area contributed by atoms with Crippen LogP contribution in [0.3, 0.4) is 0 Å². The van der Waals surface area contributed by atoms with Gasteiger partial charge in [0.15, 0.2) is 0 Å². The highest BCUT2D eigenvalue weighted by Crippen LogP contribution is 2.30. The summed E-state index contributed by atoms with van der Waals surface area (Å²) in [5.74, 6) is 0.216. The molecule has 0 aliphatic carbocycles. The number of hydrogen-bond acceptors (Lipinski definition) is 3. The van der Waals surface area contributed by atoms with E-state index in [1.165, 1.54) is 23.3 Å². The third kappa shape index (κ3) is 4.76. The van der Waals surface area contributed by atoms with Crippen molar-refractivity contribution in [2.75, 3.05) is 26.2 Å². The molecule has 34 heavy (non-hydrogen) atoms. The molecule has 4 nitrogen and oxygen atoms in total. The van der Waals surface area contributed by atoms with E-state index in [9.17, 15) is 14.0 Å². The summed E-state index contributed by atoms with van der Waals surface area (Å²) < 4.78 is 13.1. The van der Waals surface area contributed by atoms with E-state index in [-0.39, 0.29) is 17.6 Å². The number of nitrogens with zero attached hydrogens (tertiary/aromatic N) is 2. The molecule has 0 spiro atoms. The standard InChI is InChI=1S/C29H31FN2O2/c30-24-13-11-21(12-14-24)9-10-22-15-19-31(20-16-22)17-1-2-18-32-28(33)25-7-3-5-23-6-4-8-26(27(23)25)29(32)34/h3-8,11-14,22H,1-2,9-10,15-20H2. The van der Waals surface area contributed by atoms with Crippen LogP contribution in [0, 0.1) is 11.7 Å². The van der Waals surface area contributed by atoms with Crippen molar-refractivity contribution in [3.05, 3.63) is 83.2 Å². The molecule has 5 heteroatoms. The minimum absolute atomic E-state index is 0.170. The molecule has 5 rings (SSSR count). The van der Waals surface area contributed by atoms with E-state index in [1.807, 2.05) is 48.5 Å². The molecule has 2 aliphatic heterocycles. The number of carbonyl (C=O) groups is 2. The molecule has 1 fully saturated rings. The quantitative estimate of drug-likeness (QED) is 0.321. The van der Waals surface area contributed by atoms with E-state index >= 15 is 0 Å². The van der Waals surface area contributed by atoms with Crippen molar-refractivity contribution in [3.8, 4) is 0 Å². The summed E-state index contributed by atoms with van der Waals surface area (Å²) in [4.78, 5) is 29.9. The summed E-state index contributed by atoms with van der Waals surface area (Å²) >= 11 is 0. The van der Waals surface area contributed by atoms with E-state index in [4.69, 9.17) is 0 Å². The Labute approximate surface area is 200 Å². The van der Waals surface area contributed by atoms with Crippen LogP contribution >= 0.6 is 0 Å². The van der Waals surface area contributed by atoms with Gasteiger partial charge >= 0.3 is 0 Å². The highest BCUT2D eigenvalue weighted by Gasteiger charge is 2.32. The number of benzene rings is 3. The molecule has 0 radical (unpaired) electrons. The van der Waals surface area contributed by atoms with Crippen LogP contribution < -0.4 is 0 Å². The highest BCUT2D eigenvalue weighted by atomic mass is 19.1. The predicted octanol–water partition coefficient (Wildman–Crippen LogP) is 5.70. The number of unbranched alkanes of at least 4 members (excludes halogenated alkanes) is 1. The number of aryl methyl sites for hydroxylation is 1. The zero-order valence-corrected chi connectivity index (χ0v) is 19.5. The maximum atomic E-state index is 13.1. The molecular weight excluding hydrogens is 427 g/mol. The van der Waals surface area contributed by atoms with Gasteiger partial charge < -0.3 is 4.90 Å². The molecule has 2 aliphatic rings. The maximum absolute atomic E-state index is 13.1. The molecule has 2 amide bonds. The van der Waals surface area contributed by atoms with Crippen LogP contribution in [-0.4, -0.2) is 47.8 Å². The fourth-order valence-electron chi connectivity index (χ4n) is 5.41. The Bertz CT molecular complexity index is 1130. The molecule has 1 saturated heterocycles. The van der Waals surface area contributed by atoms with Crippen LogP contribution in [0.5, 0.6) is 0 Å². The van der Waals surface area contributed by atoms with E-state index in [0.29, 0.717) is 17.7 Å². The molecule has 3 aromatic carbocycles. The van der Waals surface area contributed by atoms with Gasteiger partial charge in [-0.05, 0) is 99.3 Å². The lowest BCUT2D eigenvalue weighted by molar-refractivity contribution is 0.0605. The summed E-state index contributed by atoms with van der Waals surface area (Å²) in [7, 11) is 0. The summed E-state index contributed by atoms with van der Waals surface area (Å²) in [6.45, 7) is 3.68. The lowest BCUT2D eigenvalue weighted by Crippen LogP contribution is -2.41. The van der Waals surface area contributed by atoms with Gasteiger partial charge in [-0.3, -0.25) is 14.5 Å². The topological polar surface area (TPSA) is 40.6 Å².